The van der Waals surface area contributed by atoms with Gasteiger partial charge in [-0.25, -0.2) is 4.68 Å². The molecule has 3 aromatic rings. The van der Waals surface area contributed by atoms with Crippen LogP contribution >= 0.6 is 0 Å². The van der Waals surface area contributed by atoms with Crippen LogP contribution in [-0.2, 0) is 32.7 Å². The minimum atomic E-state index is -0.501. The Morgan fingerprint density at radius 3 is 2.63 bits per heavy atom. The fraction of sp³-hybridized carbons (Fsp3) is 0.500. The van der Waals surface area contributed by atoms with E-state index in [-0.39, 0.29) is 35.7 Å². The Morgan fingerprint density at radius 2 is 1.92 bits per heavy atom. The van der Waals surface area contributed by atoms with Gasteiger partial charge < -0.3 is 10.1 Å². The second-order valence-corrected chi connectivity index (χ2v) is 11.6. The van der Waals surface area contributed by atoms with Crippen molar-refractivity contribution in [2.24, 2.45) is 11.3 Å². The number of carbonyl (C=O) groups excluding carboxylic acids is 2. The molecule has 1 saturated carbocycles. The van der Waals surface area contributed by atoms with Crippen LogP contribution in [0.3, 0.4) is 0 Å². The largest absolute Gasteiger partial charge is 0.469 e. The molecule has 0 aliphatic heterocycles. The summed E-state index contributed by atoms with van der Waals surface area (Å²) in [4.78, 5) is 30.3. The van der Waals surface area contributed by atoms with E-state index < -0.39 is 5.41 Å². The van der Waals surface area contributed by atoms with Crippen molar-refractivity contribution in [3.8, 4) is 11.3 Å². The number of nitrogens with zero attached hydrogens (tertiary/aromatic N) is 4. The van der Waals surface area contributed by atoms with Gasteiger partial charge in [0.05, 0.1) is 18.7 Å². The lowest BCUT2D eigenvalue weighted by molar-refractivity contribution is -0.161. The van der Waals surface area contributed by atoms with Crippen molar-refractivity contribution in [2.45, 2.75) is 77.7 Å². The van der Waals surface area contributed by atoms with Gasteiger partial charge in [0.25, 0.3) is 0 Å². The molecular weight excluding hydrogens is 478 g/mol. The third-order valence-corrected chi connectivity index (χ3v) is 8.93. The van der Waals surface area contributed by atoms with Crippen molar-refractivity contribution in [1.29, 1.82) is 0 Å². The van der Waals surface area contributed by atoms with E-state index in [1.165, 1.54) is 18.2 Å². The van der Waals surface area contributed by atoms with E-state index in [1.54, 1.807) is 23.3 Å². The molecule has 0 spiro atoms. The molecule has 2 aliphatic rings. The van der Waals surface area contributed by atoms with Gasteiger partial charge >= 0.3 is 5.97 Å². The van der Waals surface area contributed by atoms with E-state index >= 15 is 0 Å². The monoisotopic (exact) mass is 515 g/mol. The van der Waals surface area contributed by atoms with Gasteiger partial charge in [-0.3, -0.25) is 14.6 Å². The summed E-state index contributed by atoms with van der Waals surface area (Å²) in [6, 6.07) is 8.13. The van der Waals surface area contributed by atoms with Crippen molar-refractivity contribution in [3.63, 3.8) is 0 Å². The Balaban J connectivity index is 1.45. The quantitative estimate of drug-likeness (QED) is 0.448. The average molecular weight is 516 g/mol. The molecule has 1 amide bonds. The van der Waals surface area contributed by atoms with Crippen molar-refractivity contribution >= 4 is 17.6 Å². The summed E-state index contributed by atoms with van der Waals surface area (Å²) in [5, 5.41) is 11.6. The Hall–Kier alpha value is -3.55. The van der Waals surface area contributed by atoms with Gasteiger partial charge in [-0.1, -0.05) is 44.5 Å². The van der Waals surface area contributed by atoms with Crippen LogP contribution in [-0.4, -0.2) is 39.0 Å². The Bertz CT molecular complexity index is 1350. The minimum Gasteiger partial charge on any atom is -0.469 e. The molecule has 0 saturated heterocycles. The Labute approximate surface area is 224 Å². The number of hydrogen-bond acceptors (Lipinski definition) is 6. The van der Waals surface area contributed by atoms with Crippen LogP contribution in [0.1, 0.15) is 76.0 Å². The molecule has 0 radical (unpaired) electrons. The summed E-state index contributed by atoms with van der Waals surface area (Å²) in [6.45, 7) is 8.75. The molecular formula is C30H37N5O3. The lowest BCUT2D eigenvalue weighted by Crippen LogP contribution is -2.52. The number of nitrogens with one attached hydrogen (secondary N) is 1. The normalized spacial score (nSPS) is 24.4. The summed E-state index contributed by atoms with van der Waals surface area (Å²) in [5.41, 5.74) is 5.44. The number of rotatable bonds is 6. The SMILES string of the molecule is COC(=O)[C@]1(C)CCC[C@]2(C)c3ccc(C(C)C)c(NC(=O)Cn4cc(-c5ccncc5)nn4)c3CC[C@@H]12. The van der Waals surface area contributed by atoms with Gasteiger partial charge in [-0.05, 0) is 78.7 Å². The maximum Gasteiger partial charge on any atom is 0.311 e. The third-order valence-electron chi connectivity index (χ3n) is 8.93. The first-order valence-corrected chi connectivity index (χ1v) is 13.5. The van der Waals surface area contributed by atoms with E-state index in [0.717, 1.165) is 48.9 Å². The highest BCUT2D eigenvalue weighted by atomic mass is 16.5. The fourth-order valence-electron chi connectivity index (χ4n) is 7.05. The molecule has 0 bridgehead atoms. The second kappa shape index (κ2) is 9.97. The van der Waals surface area contributed by atoms with Gasteiger partial charge in [0.15, 0.2) is 0 Å². The summed E-state index contributed by atoms with van der Waals surface area (Å²) in [5.74, 6) is 0.196. The first-order valence-electron chi connectivity index (χ1n) is 13.5. The number of benzene rings is 1. The first kappa shape index (κ1) is 26.1. The molecule has 2 aliphatic carbocycles. The van der Waals surface area contributed by atoms with Crippen LogP contribution in [0.2, 0.25) is 0 Å². The predicted octanol–water partition coefficient (Wildman–Crippen LogP) is 5.29. The zero-order valence-corrected chi connectivity index (χ0v) is 23.0. The number of ether oxygens (including phenoxy) is 1. The van der Waals surface area contributed by atoms with Gasteiger partial charge in [-0.15, -0.1) is 5.10 Å². The number of methoxy groups -OCH3 is 1. The van der Waals surface area contributed by atoms with Gasteiger partial charge in [-0.2, -0.15) is 0 Å². The van der Waals surface area contributed by atoms with E-state index in [4.69, 9.17) is 4.74 Å². The van der Waals surface area contributed by atoms with Gasteiger partial charge in [0.2, 0.25) is 5.91 Å². The number of pyridine rings is 1. The average Bonchev–Trinajstić information content (AvgIpc) is 3.37. The Morgan fingerprint density at radius 1 is 1.16 bits per heavy atom. The van der Waals surface area contributed by atoms with E-state index in [0.29, 0.717) is 5.69 Å². The third kappa shape index (κ3) is 4.40. The molecule has 5 rings (SSSR count). The molecule has 3 atom stereocenters. The fourth-order valence-corrected chi connectivity index (χ4v) is 7.05. The van der Waals surface area contributed by atoms with Gasteiger partial charge in [0.1, 0.15) is 12.2 Å². The van der Waals surface area contributed by atoms with Crippen LogP contribution in [0, 0.1) is 11.3 Å². The lowest BCUT2D eigenvalue weighted by Gasteiger charge is -2.54. The smallest absolute Gasteiger partial charge is 0.311 e. The zero-order chi connectivity index (χ0) is 27.1. The van der Waals surface area contributed by atoms with Crippen molar-refractivity contribution in [3.05, 3.63) is 59.5 Å². The summed E-state index contributed by atoms with van der Waals surface area (Å²) in [6.07, 6.45) is 9.73. The van der Waals surface area contributed by atoms with Crippen LogP contribution in [0.4, 0.5) is 5.69 Å². The maximum atomic E-state index is 13.3. The lowest BCUT2D eigenvalue weighted by atomic mass is 9.49. The molecule has 1 fully saturated rings. The van der Waals surface area contributed by atoms with Crippen molar-refractivity contribution < 1.29 is 14.3 Å². The van der Waals surface area contributed by atoms with Crippen molar-refractivity contribution in [1.82, 2.24) is 20.0 Å². The number of anilines is 1. The molecule has 2 heterocycles. The van der Waals surface area contributed by atoms with Crippen LogP contribution < -0.4 is 5.32 Å². The number of hydrogen-bond donors (Lipinski definition) is 1. The standard InChI is InChI=1S/C30H37N5O3/c1-19(2)21-7-9-23-22(8-10-25-29(23,3)13-6-14-30(25,4)28(37)38-5)27(21)32-26(36)18-35-17-24(33-34-35)20-11-15-31-16-12-20/h7,9,11-12,15-17,19,25H,6,8,10,13-14,18H2,1-5H3,(H,32,36)/t25-,29-,30-/m1/s1. The molecule has 0 unspecified atom stereocenters. The molecule has 1 N–H and O–H groups in total. The molecule has 8 heteroatoms. The number of aromatic nitrogens is 4. The summed E-state index contributed by atoms with van der Waals surface area (Å²) in [7, 11) is 1.49. The second-order valence-electron chi connectivity index (χ2n) is 11.6. The zero-order valence-electron chi connectivity index (χ0n) is 23.0. The van der Waals surface area contributed by atoms with E-state index in [9.17, 15) is 9.59 Å². The first-order chi connectivity index (χ1) is 18.2. The molecule has 8 nitrogen and oxygen atoms in total. The molecule has 1 aromatic carbocycles. The van der Waals surface area contributed by atoms with E-state index in [1.807, 2.05) is 12.1 Å². The molecule has 38 heavy (non-hydrogen) atoms. The van der Waals surface area contributed by atoms with Crippen LogP contribution in [0.25, 0.3) is 11.3 Å². The van der Waals surface area contributed by atoms with Crippen molar-refractivity contribution in [2.75, 3.05) is 12.4 Å². The number of fused-ring (bicyclic) bond motifs is 3. The Kier molecular flexibility index (Phi) is 6.84. The summed E-state index contributed by atoms with van der Waals surface area (Å²) < 4.78 is 6.84. The predicted molar refractivity (Wildman–Crippen MR) is 146 cm³/mol. The van der Waals surface area contributed by atoms with Gasteiger partial charge in [0, 0.05) is 23.6 Å². The van der Waals surface area contributed by atoms with Crippen LogP contribution in [0.15, 0.2) is 42.9 Å². The minimum absolute atomic E-state index is 0.0690. The van der Waals surface area contributed by atoms with Crippen LogP contribution in [0.5, 0.6) is 0 Å². The number of carbonyl (C=O) groups is 2. The number of esters is 1. The molecule has 2 aromatic heterocycles. The topological polar surface area (TPSA) is 99.0 Å². The maximum absolute atomic E-state index is 13.3. The highest BCUT2D eigenvalue weighted by Gasteiger charge is 2.56. The highest BCUT2D eigenvalue weighted by Crippen LogP contribution is 2.58. The summed E-state index contributed by atoms with van der Waals surface area (Å²) >= 11 is 0. The number of amides is 1. The molecule has 200 valence electrons. The highest BCUT2D eigenvalue weighted by molar-refractivity contribution is 5.93. The van der Waals surface area contributed by atoms with E-state index in [2.05, 4.69) is 60.4 Å².